The number of hydrogen-bond acceptors (Lipinski definition) is 3. The molecule has 0 aliphatic carbocycles. The molecule has 102 valence electrons. The minimum Gasteiger partial charge on any atom is -0.488 e. The second-order valence-electron chi connectivity index (χ2n) is 4.63. The molecule has 0 fully saturated rings. The molecule has 0 bridgehead atoms. The number of ether oxygens (including phenoxy) is 1. The lowest BCUT2D eigenvalue weighted by molar-refractivity contribution is 0.0933. The zero-order valence-corrected chi connectivity index (χ0v) is 12.3. The Morgan fingerprint density at radius 3 is 3.05 bits per heavy atom. The number of nitrogens with zero attached hydrogens (tertiary/aromatic N) is 1. The first-order valence-corrected chi connectivity index (χ1v) is 7.16. The van der Waals surface area contributed by atoms with Crippen molar-refractivity contribution in [1.82, 2.24) is 10.3 Å². The van der Waals surface area contributed by atoms with E-state index in [1.165, 1.54) is 5.56 Å². The Balaban J connectivity index is 1.58. The monoisotopic (exact) mass is 332 g/mol. The fourth-order valence-electron chi connectivity index (χ4n) is 2.22. The molecule has 4 nitrogen and oxygen atoms in total. The van der Waals surface area contributed by atoms with E-state index in [-0.39, 0.29) is 12.0 Å². The Bertz CT molecular complexity index is 620. The van der Waals surface area contributed by atoms with Crippen molar-refractivity contribution in [2.75, 3.05) is 6.54 Å². The van der Waals surface area contributed by atoms with E-state index < -0.39 is 0 Å². The molecular weight excluding hydrogens is 320 g/mol. The van der Waals surface area contributed by atoms with E-state index >= 15 is 0 Å². The maximum absolute atomic E-state index is 12.0. The number of aromatic nitrogens is 1. The normalized spacial score (nSPS) is 16.4. The SMILES string of the molecule is O=C(NCC1Cc2ccccc2O1)c1ccnc(Br)c1. The highest BCUT2D eigenvalue weighted by atomic mass is 79.9. The van der Waals surface area contributed by atoms with Gasteiger partial charge in [-0.15, -0.1) is 0 Å². The molecule has 20 heavy (non-hydrogen) atoms. The largest absolute Gasteiger partial charge is 0.488 e. The van der Waals surface area contributed by atoms with E-state index in [1.54, 1.807) is 18.3 Å². The highest BCUT2D eigenvalue weighted by molar-refractivity contribution is 9.10. The summed E-state index contributed by atoms with van der Waals surface area (Å²) >= 11 is 3.25. The molecule has 1 unspecified atom stereocenters. The van der Waals surface area contributed by atoms with Gasteiger partial charge in [0.15, 0.2) is 0 Å². The fraction of sp³-hybridized carbons (Fsp3) is 0.200. The molecular formula is C15H13BrN2O2. The minimum atomic E-state index is -0.118. The molecule has 1 aromatic carbocycles. The first-order valence-electron chi connectivity index (χ1n) is 6.37. The van der Waals surface area contributed by atoms with Crippen molar-refractivity contribution in [1.29, 1.82) is 0 Å². The van der Waals surface area contributed by atoms with Crippen LogP contribution in [-0.4, -0.2) is 23.5 Å². The smallest absolute Gasteiger partial charge is 0.251 e. The lowest BCUT2D eigenvalue weighted by atomic mass is 10.1. The van der Waals surface area contributed by atoms with Crippen LogP contribution in [-0.2, 0) is 6.42 Å². The highest BCUT2D eigenvalue weighted by Crippen LogP contribution is 2.27. The molecule has 1 N–H and O–H groups in total. The van der Waals surface area contributed by atoms with Crippen molar-refractivity contribution in [3.63, 3.8) is 0 Å². The third kappa shape index (κ3) is 2.82. The van der Waals surface area contributed by atoms with Gasteiger partial charge in [-0.3, -0.25) is 4.79 Å². The van der Waals surface area contributed by atoms with Crippen LogP contribution in [0.4, 0.5) is 0 Å². The molecule has 0 saturated heterocycles. The molecule has 1 aliphatic rings. The van der Waals surface area contributed by atoms with Gasteiger partial charge in [0, 0.05) is 18.2 Å². The van der Waals surface area contributed by atoms with Gasteiger partial charge in [0.25, 0.3) is 5.91 Å². The third-order valence-electron chi connectivity index (χ3n) is 3.19. The number of rotatable bonds is 3. The van der Waals surface area contributed by atoms with Gasteiger partial charge >= 0.3 is 0 Å². The fourth-order valence-corrected chi connectivity index (χ4v) is 2.58. The summed E-state index contributed by atoms with van der Waals surface area (Å²) < 4.78 is 6.43. The first kappa shape index (κ1) is 13.1. The van der Waals surface area contributed by atoms with Gasteiger partial charge in [0.05, 0.1) is 6.54 Å². The average molecular weight is 333 g/mol. The standard InChI is InChI=1S/C15H13BrN2O2/c16-14-8-11(5-6-17-14)15(19)18-9-12-7-10-3-1-2-4-13(10)20-12/h1-6,8,12H,7,9H2,(H,18,19). The summed E-state index contributed by atoms with van der Waals surface area (Å²) in [4.78, 5) is 16.0. The number of amides is 1. The topological polar surface area (TPSA) is 51.2 Å². The van der Waals surface area contributed by atoms with Gasteiger partial charge in [0.1, 0.15) is 16.5 Å². The number of carbonyl (C=O) groups is 1. The van der Waals surface area contributed by atoms with Crippen LogP contribution in [0.1, 0.15) is 15.9 Å². The van der Waals surface area contributed by atoms with E-state index in [0.29, 0.717) is 16.7 Å². The molecule has 2 aromatic rings. The number of carbonyl (C=O) groups excluding carboxylic acids is 1. The Hall–Kier alpha value is -1.88. The van der Waals surface area contributed by atoms with Crippen LogP contribution in [0, 0.1) is 0 Å². The number of nitrogens with one attached hydrogen (secondary N) is 1. The molecule has 1 aliphatic heterocycles. The van der Waals surface area contributed by atoms with Crippen LogP contribution in [0.25, 0.3) is 0 Å². The summed E-state index contributed by atoms with van der Waals surface area (Å²) in [7, 11) is 0. The van der Waals surface area contributed by atoms with Gasteiger partial charge in [-0.2, -0.15) is 0 Å². The van der Waals surface area contributed by atoms with Crippen molar-refractivity contribution in [3.05, 3.63) is 58.3 Å². The van der Waals surface area contributed by atoms with E-state index in [1.807, 2.05) is 18.2 Å². The van der Waals surface area contributed by atoms with Crippen LogP contribution < -0.4 is 10.1 Å². The van der Waals surface area contributed by atoms with Crippen LogP contribution in [0.15, 0.2) is 47.2 Å². The second kappa shape index (κ2) is 5.63. The van der Waals surface area contributed by atoms with Crippen molar-refractivity contribution in [2.24, 2.45) is 0 Å². The summed E-state index contributed by atoms with van der Waals surface area (Å²) in [6.07, 6.45) is 2.43. The molecule has 1 amide bonds. The summed E-state index contributed by atoms with van der Waals surface area (Å²) in [5, 5.41) is 2.89. The predicted octanol–water partition coefficient (Wildman–Crippen LogP) is 2.58. The zero-order valence-electron chi connectivity index (χ0n) is 10.7. The predicted molar refractivity (Wildman–Crippen MR) is 78.8 cm³/mol. The van der Waals surface area contributed by atoms with Crippen molar-refractivity contribution in [3.8, 4) is 5.75 Å². The number of halogens is 1. The number of pyridine rings is 1. The van der Waals surface area contributed by atoms with Crippen LogP contribution in [0.5, 0.6) is 5.75 Å². The van der Waals surface area contributed by atoms with Gasteiger partial charge in [0.2, 0.25) is 0 Å². The summed E-state index contributed by atoms with van der Waals surface area (Å²) in [6, 6.07) is 11.3. The quantitative estimate of drug-likeness (QED) is 0.879. The van der Waals surface area contributed by atoms with Gasteiger partial charge in [-0.1, -0.05) is 18.2 Å². The van der Waals surface area contributed by atoms with Gasteiger partial charge < -0.3 is 10.1 Å². The molecule has 0 radical (unpaired) electrons. The Kier molecular flexibility index (Phi) is 3.69. The van der Waals surface area contributed by atoms with E-state index in [4.69, 9.17) is 4.74 Å². The average Bonchev–Trinajstić information content (AvgIpc) is 2.87. The number of para-hydroxylation sites is 1. The summed E-state index contributed by atoms with van der Waals surface area (Å²) in [5.74, 6) is 0.797. The molecule has 5 heteroatoms. The first-order chi connectivity index (χ1) is 9.72. The molecule has 1 aromatic heterocycles. The number of hydrogen-bond donors (Lipinski definition) is 1. The Morgan fingerprint density at radius 2 is 2.25 bits per heavy atom. The maximum atomic E-state index is 12.0. The lowest BCUT2D eigenvalue weighted by Gasteiger charge is -2.12. The van der Waals surface area contributed by atoms with Crippen molar-refractivity contribution >= 4 is 21.8 Å². The summed E-state index contributed by atoms with van der Waals surface area (Å²) in [5.41, 5.74) is 1.78. The third-order valence-corrected chi connectivity index (χ3v) is 3.63. The number of benzene rings is 1. The van der Waals surface area contributed by atoms with E-state index in [2.05, 4.69) is 32.3 Å². The minimum absolute atomic E-state index is 0.00151. The Labute approximate surface area is 125 Å². The zero-order chi connectivity index (χ0) is 13.9. The Morgan fingerprint density at radius 1 is 1.40 bits per heavy atom. The molecule has 0 spiro atoms. The van der Waals surface area contributed by atoms with Crippen LogP contribution in [0.2, 0.25) is 0 Å². The van der Waals surface area contributed by atoms with E-state index in [0.717, 1.165) is 12.2 Å². The highest BCUT2D eigenvalue weighted by Gasteiger charge is 2.22. The van der Waals surface area contributed by atoms with E-state index in [9.17, 15) is 4.79 Å². The van der Waals surface area contributed by atoms with Crippen molar-refractivity contribution < 1.29 is 9.53 Å². The maximum Gasteiger partial charge on any atom is 0.251 e. The van der Waals surface area contributed by atoms with Crippen molar-refractivity contribution in [2.45, 2.75) is 12.5 Å². The van der Waals surface area contributed by atoms with Crippen LogP contribution in [0.3, 0.4) is 0 Å². The second-order valence-corrected chi connectivity index (χ2v) is 5.44. The van der Waals surface area contributed by atoms with Crippen LogP contribution >= 0.6 is 15.9 Å². The van der Waals surface area contributed by atoms with Gasteiger partial charge in [-0.25, -0.2) is 4.98 Å². The molecule has 3 rings (SSSR count). The summed E-state index contributed by atoms with van der Waals surface area (Å²) in [6.45, 7) is 0.494. The number of fused-ring (bicyclic) bond motifs is 1. The molecule has 0 saturated carbocycles. The lowest BCUT2D eigenvalue weighted by Crippen LogP contribution is -2.34. The van der Waals surface area contributed by atoms with Gasteiger partial charge in [-0.05, 0) is 39.7 Å². The molecule has 1 atom stereocenters. The molecule has 2 heterocycles.